The second-order valence-electron chi connectivity index (χ2n) is 4.92. The number of aryl methyl sites for hydroxylation is 1. The fourth-order valence-corrected chi connectivity index (χ4v) is 2.45. The van der Waals surface area contributed by atoms with E-state index in [0.29, 0.717) is 17.9 Å². The fraction of sp³-hybridized carbons (Fsp3) is 0.167. The second-order valence-corrected chi connectivity index (χ2v) is 4.92. The molecule has 1 heterocycles. The zero-order chi connectivity index (χ0) is 14.8. The van der Waals surface area contributed by atoms with Crippen LogP contribution in [0.1, 0.15) is 22.8 Å². The van der Waals surface area contributed by atoms with Crippen molar-refractivity contribution >= 4 is 16.7 Å². The van der Waals surface area contributed by atoms with E-state index in [1.807, 2.05) is 37.3 Å². The molecule has 106 valence electrons. The summed E-state index contributed by atoms with van der Waals surface area (Å²) in [5.41, 5.74) is 2.46. The van der Waals surface area contributed by atoms with Gasteiger partial charge in [0.25, 0.3) is 0 Å². The lowest BCUT2D eigenvalue weighted by atomic mass is 10.0. The van der Waals surface area contributed by atoms with Gasteiger partial charge in [-0.1, -0.05) is 35.9 Å². The summed E-state index contributed by atoms with van der Waals surface area (Å²) in [6.07, 6.45) is 1.72. The molecule has 2 aromatic carbocycles. The molecule has 3 rings (SSSR count). The highest BCUT2D eigenvalue weighted by molar-refractivity contribution is 6.02. The van der Waals surface area contributed by atoms with Crippen molar-refractivity contribution in [2.24, 2.45) is 0 Å². The van der Waals surface area contributed by atoms with Gasteiger partial charge in [0.15, 0.2) is 0 Å². The molecule has 0 saturated carbocycles. The average molecular weight is 280 g/mol. The fourth-order valence-electron chi connectivity index (χ4n) is 2.45. The Bertz CT molecular complexity index is 799. The Balaban J connectivity index is 2.17. The van der Waals surface area contributed by atoms with Crippen molar-refractivity contribution in [3.05, 3.63) is 59.9 Å². The molecule has 0 unspecified atom stereocenters. The molecule has 1 aromatic heterocycles. The monoisotopic (exact) mass is 280 g/mol. The van der Waals surface area contributed by atoms with E-state index in [-0.39, 0.29) is 5.97 Å². The molecule has 0 amide bonds. The molecule has 0 fully saturated rings. The Hall–Kier alpha value is -2.55. The second kappa shape index (κ2) is 5.44. The molecule has 0 aliphatic rings. The topological polar surface area (TPSA) is 39.4 Å². The van der Waals surface area contributed by atoms with Crippen LogP contribution in [0.25, 0.3) is 22.1 Å². The molecule has 0 atom stereocenters. The third-order valence-corrected chi connectivity index (χ3v) is 3.42. The first-order valence-corrected chi connectivity index (χ1v) is 6.95. The maximum absolute atomic E-state index is 12.1. The SMILES string of the molecule is CCOC(=O)c1ccccc1-c1occ2cc(C)ccc12. The Labute approximate surface area is 123 Å². The molecular weight excluding hydrogens is 264 g/mol. The van der Waals surface area contributed by atoms with Crippen molar-refractivity contribution in [1.82, 2.24) is 0 Å². The van der Waals surface area contributed by atoms with Gasteiger partial charge in [-0.05, 0) is 26.0 Å². The summed E-state index contributed by atoms with van der Waals surface area (Å²) in [6, 6.07) is 13.5. The van der Waals surface area contributed by atoms with Crippen LogP contribution in [0.4, 0.5) is 0 Å². The van der Waals surface area contributed by atoms with E-state index in [1.54, 1.807) is 19.3 Å². The predicted molar refractivity (Wildman–Crippen MR) is 82.3 cm³/mol. The number of ether oxygens (including phenoxy) is 1. The van der Waals surface area contributed by atoms with E-state index in [9.17, 15) is 4.79 Å². The lowest BCUT2D eigenvalue weighted by Crippen LogP contribution is -2.06. The number of esters is 1. The van der Waals surface area contributed by atoms with Gasteiger partial charge in [-0.15, -0.1) is 0 Å². The summed E-state index contributed by atoms with van der Waals surface area (Å²) in [4.78, 5) is 12.1. The normalized spacial score (nSPS) is 10.8. The van der Waals surface area contributed by atoms with Crippen LogP contribution in [0.15, 0.2) is 53.1 Å². The summed E-state index contributed by atoms with van der Waals surface area (Å²) >= 11 is 0. The first kappa shape index (κ1) is 13.4. The number of hydrogen-bond donors (Lipinski definition) is 0. The van der Waals surface area contributed by atoms with Crippen molar-refractivity contribution in [3.63, 3.8) is 0 Å². The van der Waals surface area contributed by atoms with E-state index >= 15 is 0 Å². The third-order valence-electron chi connectivity index (χ3n) is 3.42. The lowest BCUT2D eigenvalue weighted by Gasteiger charge is -2.07. The Kier molecular flexibility index (Phi) is 3.48. The van der Waals surface area contributed by atoms with E-state index in [4.69, 9.17) is 9.15 Å². The number of fused-ring (bicyclic) bond motifs is 1. The number of carbonyl (C=O) groups excluding carboxylic acids is 1. The Morgan fingerprint density at radius 3 is 2.81 bits per heavy atom. The van der Waals surface area contributed by atoms with Crippen LogP contribution in [0.3, 0.4) is 0 Å². The molecule has 0 aliphatic heterocycles. The van der Waals surface area contributed by atoms with Gasteiger partial charge in [0.1, 0.15) is 5.76 Å². The molecule has 0 bridgehead atoms. The minimum Gasteiger partial charge on any atom is -0.463 e. The molecule has 3 aromatic rings. The van der Waals surface area contributed by atoms with Gasteiger partial charge in [0.05, 0.1) is 18.4 Å². The smallest absolute Gasteiger partial charge is 0.338 e. The van der Waals surface area contributed by atoms with Crippen molar-refractivity contribution in [2.45, 2.75) is 13.8 Å². The standard InChI is InChI=1S/C18H16O3/c1-3-20-18(19)16-7-5-4-6-15(16)17-14-9-8-12(2)10-13(14)11-21-17/h4-11H,3H2,1-2H3. The van der Waals surface area contributed by atoms with Crippen LogP contribution in [0.5, 0.6) is 0 Å². The summed E-state index contributed by atoms with van der Waals surface area (Å²) in [5, 5.41) is 2.03. The van der Waals surface area contributed by atoms with Crippen molar-refractivity contribution in [1.29, 1.82) is 0 Å². The van der Waals surface area contributed by atoms with Crippen LogP contribution in [-0.4, -0.2) is 12.6 Å². The van der Waals surface area contributed by atoms with E-state index in [1.165, 1.54) is 5.56 Å². The van der Waals surface area contributed by atoms with Crippen molar-refractivity contribution in [3.8, 4) is 11.3 Å². The minimum absolute atomic E-state index is 0.329. The Morgan fingerprint density at radius 2 is 2.00 bits per heavy atom. The third kappa shape index (κ3) is 2.42. The van der Waals surface area contributed by atoms with E-state index in [2.05, 4.69) is 6.07 Å². The number of benzene rings is 2. The van der Waals surface area contributed by atoms with Crippen LogP contribution >= 0.6 is 0 Å². The molecule has 0 radical (unpaired) electrons. The summed E-state index contributed by atoms with van der Waals surface area (Å²) in [5.74, 6) is 0.374. The molecule has 0 spiro atoms. The van der Waals surface area contributed by atoms with Gasteiger partial charge in [-0.2, -0.15) is 0 Å². The molecule has 21 heavy (non-hydrogen) atoms. The zero-order valence-corrected chi connectivity index (χ0v) is 12.1. The van der Waals surface area contributed by atoms with Gasteiger partial charge in [-0.25, -0.2) is 4.79 Å². The van der Waals surface area contributed by atoms with Gasteiger partial charge >= 0.3 is 5.97 Å². The molecule has 3 nitrogen and oxygen atoms in total. The molecule has 0 aliphatic carbocycles. The van der Waals surface area contributed by atoms with Crippen molar-refractivity contribution in [2.75, 3.05) is 6.61 Å². The maximum Gasteiger partial charge on any atom is 0.338 e. The quantitative estimate of drug-likeness (QED) is 0.659. The number of carbonyl (C=O) groups is 1. The van der Waals surface area contributed by atoms with Crippen LogP contribution in [-0.2, 0) is 4.74 Å². The maximum atomic E-state index is 12.1. The van der Waals surface area contributed by atoms with Crippen LogP contribution < -0.4 is 0 Å². The molecule has 3 heteroatoms. The van der Waals surface area contributed by atoms with E-state index < -0.39 is 0 Å². The summed E-state index contributed by atoms with van der Waals surface area (Å²) in [7, 11) is 0. The number of furan rings is 1. The predicted octanol–water partition coefficient (Wildman–Crippen LogP) is 4.58. The van der Waals surface area contributed by atoms with Gasteiger partial charge in [-0.3, -0.25) is 0 Å². The largest absolute Gasteiger partial charge is 0.463 e. The molecule has 0 N–H and O–H groups in total. The molecule has 0 saturated heterocycles. The van der Waals surface area contributed by atoms with E-state index in [0.717, 1.165) is 16.3 Å². The van der Waals surface area contributed by atoms with Gasteiger partial charge in [0.2, 0.25) is 0 Å². The van der Waals surface area contributed by atoms with Gasteiger partial charge in [0, 0.05) is 16.3 Å². The highest BCUT2D eigenvalue weighted by atomic mass is 16.5. The van der Waals surface area contributed by atoms with Crippen molar-refractivity contribution < 1.29 is 13.9 Å². The first-order valence-electron chi connectivity index (χ1n) is 6.95. The first-order chi connectivity index (χ1) is 10.2. The highest BCUT2D eigenvalue weighted by Crippen LogP contribution is 2.33. The minimum atomic E-state index is -0.329. The van der Waals surface area contributed by atoms with Gasteiger partial charge < -0.3 is 9.15 Å². The van der Waals surface area contributed by atoms with Crippen LogP contribution in [0.2, 0.25) is 0 Å². The average Bonchev–Trinajstić information content (AvgIpc) is 2.90. The number of rotatable bonds is 3. The highest BCUT2D eigenvalue weighted by Gasteiger charge is 2.17. The number of hydrogen-bond acceptors (Lipinski definition) is 3. The zero-order valence-electron chi connectivity index (χ0n) is 12.1. The Morgan fingerprint density at radius 1 is 1.19 bits per heavy atom. The van der Waals surface area contributed by atoms with Crippen LogP contribution in [0, 0.1) is 6.92 Å². The summed E-state index contributed by atoms with van der Waals surface area (Å²) in [6.45, 7) is 4.19. The summed E-state index contributed by atoms with van der Waals surface area (Å²) < 4.78 is 10.8. The lowest BCUT2D eigenvalue weighted by molar-refractivity contribution is 0.0527. The molecular formula is C18H16O3.